The molecule has 0 bridgehead atoms. The highest BCUT2D eigenvalue weighted by Crippen LogP contribution is 2.24. The zero-order valence-electron chi connectivity index (χ0n) is 10.3. The van der Waals surface area contributed by atoms with E-state index < -0.39 is 9.84 Å². The van der Waals surface area contributed by atoms with E-state index >= 15 is 0 Å². The van der Waals surface area contributed by atoms with Crippen LogP contribution in [0, 0.1) is 11.3 Å². The van der Waals surface area contributed by atoms with Crippen LogP contribution >= 0.6 is 0 Å². The quantitative estimate of drug-likeness (QED) is 0.849. The largest absolute Gasteiger partial charge is 0.398 e. The fourth-order valence-electron chi connectivity index (χ4n) is 1.73. The highest BCUT2D eigenvalue weighted by Gasteiger charge is 2.07. The van der Waals surface area contributed by atoms with Gasteiger partial charge in [-0.2, -0.15) is 5.26 Å². The number of nitrogen functional groups attached to an aromatic ring is 1. The van der Waals surface area contributed by atoms with Crippen molar-refractivity contribution in [1.82, 2.24) is 0 Å². The lowest BCUT2D eigenvalue weighted by Gasteiger charge is -2.05. The van der Waals surface area contributed by atoms with Gasteiger partial charge in [-0.3, -0.25) is 0 Å². The Hall–Kier alpha value is -2.32. The SMILES string of the molecule is CS(=O)(=O)c1ccc(-c2ccc(N)c(C#N)c2)cc1. The molecule has 2 aromatic carbocycles. The molecule has 0 aliphatic carbocycles. The molecule has 19 heavy (non-hydrogen) atoms. The summed E-state index contributed by atoms with van der Waals surface area (Å²) >= 11 is 0. The van der Waals surface area contributed by atoms with E-state index in [4.69, 9.17) is 11.0 Å². The van der Waals surface area contributed by atoms with Crippen LogP contribution in [0.2, 0.25) is 0 Å². The van der Waals surface area contributed by atoms with E-state index in [1.54, 1.807) is 42.5 Å². The minimum Gasteiger partial charge on any atom is -0.398 e. The second-order valence-electron chi connectivity index (χ2n) is 4.21. The van der Waals surface area contributed by atoms with Crippen LogP contribution < -0.4 is 5.73 Å². The maximum atomic E-state index is 11.4. The van der Waals surface area contributed by atoms with Gasteiger partial charge in [0.2, 0.25) is 0 Å². The molecule has 0 aromatic heterocycles. The molecule has 4 nitrogen and oxygen atoms in total. The van der Waals surface area contributed by atoms with E-state index in [0.717, 1.165) is 11.1 Å². The molecule has 0 atom stereocenters. The third-order valence-electron chi connectivity index (χ3n) is 2.79. The minimum absolute atomic E-state index is 0.271. The third kappa shape index (κ3) is 2.75. The number of anilines is 1. The number of nitriles is 1. The van der Waals surface area contributed by atoms with Crippen molar-refractivity contribution in [2.45, 2.75) is 4.90 Å². The molecular formula is C14H12N2O2S. The van der Waals surface area contributed by atoms with Gasteiger partial charge in [-0.05, 0) is 35.4 Å². The first-order valence-corrected chi connectivity index (χ1v) is 7.41. The zero-order valence-corrected chi connectivity index (χ0v) is 11.1. The summed E-state index contributed by atoms with van der Waals surface area (Å²) in [5, 5.41) is 8.93. The number of nitrogens with two attached hydrogens (primary N) is 1. The molecule has 0 unspecified atom stereocenters. The maximum Gasteiger partial charge on any atom is 0.175 e. The summed E-state index contributed by atoms with van der Waals surface area (Å²) in [5.41, 5.74) is 8.16. The molecule has 0 heterocycles. The van der Waals surface area contributed by atoms with Crippen molar-refractivity contribution in [3.63, 3.8) is 0 Å². The van der Waals surface area contributed by atoms with Gasteiger partial charge < -0.3 is 5.73 Å². The van der Waals surface area contributed by atoms with Crippen LogP contribution in [0.25, 0.3) is 11.1 Å². The molecule has 0 saturated carbocycles. The molecule has 0 saturated heterocycles. The van der Waals surface area contributed by atoms with Crippen LogP contribution in [0.3, 0.4) is 0 Å². The van der Waals surface area contributed by atoms with Crippen LogP contribution in [0.15, 0.2) is 47.4 Å². The molecule has 2 rings (SSSR count). The van der Waals surface area contributed by atoms with E-state index in [-0.39, 0.29) is 4.90 Å². The van der Waals surface area contributed by atoms with Gasteiger partial charge in [-0.25, -0.2) is 8.42 Å². The lowest BCUT2D eigenvalue weighted by atomic mass is 10.0. The molecule has 5 heteroatoms. The average molecular weight is 272 g/mol. The van der Waals surface area contributed by atoms with Crippen LogP contribution in [0.1, 0.15) is 5.56 Å². The van der Waals surface area contributed by atoms with Gasteiger partial charge in [0, 0.05) is 11.9 Å². The Morgan fingerprint density at radius 3 is 2.16 bits per heavy atom. The lowest BCUT2D eigenvalue weighted by molar-refractivity contribution is 0.602. The fraction of sp³-hybridized carbons (Fsp3) is 0.0714. The van der Waals surface area contributed by atoms with Gasteiger partial charge in [0.05, 0.1) is 10.5 Å². The van der Waals surface area contributed by atoms with Crippen LogP contribution in [-0.2, 0) is 9.84 Å². The molecule has 0 aliphatic heterocycles. The Kier molecular flexibility index (Phi) is 3.28. The second kappa shape index (κ2) is 4.75. The van der Waals surface area contributed by atoms with Gasteiger partial charge in [-0.1, -0.05) is 18.2 Å². The maximum absolute atomic E-state index is 11.4. The first-order chi connectivity index (χ1) is 8.91. The van der Waals surface area contributed by atoms with Crippen LogP contribution in [-0.4, -0.2) is 14.7 Å². The number of hydrogen-bond acceptors (Lipinski definition) is 4. The summed E-state index contributed by atoms with van der Waals surface area (Å²) in [7, 11) is -3.19. The highest BCUT2D eigenvalue weighted by molar-refractivity contribution is 7.90. The number of rotatable bonds is 2. The van der Waals surface area contributed by atoms with Crippen molar-refractivity contribution < 1.29 is 8.42 Å². The number of nitrogens with zero attached hydrogens (tertiary/aromatic N) is 1. The van der Waals surface area contributed by atoms with Gasteiger partial charge in [0.15, 0.2) is 9.84 Å². The Labute approximate surface area is 112 Å². The molecule has 0 aliphatic rings. The molecule has 2 aromatic rings. The van der Waals surface area contributed by atoms with Crippen molar-refractivity contribution >= 4 is 15.5 Å². The fourth-order valence-corrected chi connectivity index (χ4v) is 2.36. The number of sulfone groups is 1. The molecule has 96 valence electrons. The van der Waals surface area contributed by atoms with Crippen molar-refractivity contribution in [3.8, 4) is 17.2 Å². The number of benzene rings is 2. The van der Waals surface area contributed by atoms with E-state index in [1.165, 1.54) is 6.26 Å². The topological polar surface area (TPSA) is 83.9 Å². The summed E-state index contributed by atoms with van der Waals surface area (Å²) in [5.74, 6) is 0. The molecule has 0 spiro atoms. The molecular weight excluding hydrogens is 260 g/mol. The minimum atomic E-state index is -3.19. The molecule has 0 radical (unpaired) electrons. The van der Waals surface area contributed by atoms with Crippen molar-refractivity contribution in [2.24, 2.45) is 0 Å². The monoisotopic (exact) mass is 272 g/mol. The predicted octanol–water partition coefficient (Wildman–Crippen LogP) is 2.21. The van der Waals surface area contributed by atoms with Crippen molar-refractivity contribution in [1.29, 1.82) is 5.26 Å². The Morgan fingerprint density at radius 1 is 1.05 bits per heavy atom. The molecule has 2 N–H and O–H groups in total. The van der Waals surface area contributed by atoms with Crippen LogP contribution in [0.4, 0.5) is 5.69 Å². The van der Waals surface area contributed by atoms with E-state index in [1.807, 2.05) is 6.07 Å². The molecule has 0 amide bonds. The van der Waals surface area contributed by atoms with Crippen LogP contribution in [0.5, 0.6) is 0 Å². The van der Waals surface area contributed by atoms with Gasteiger partial charge in [0.1, 0.15) is 6.07 Å². The standard InChI is InChI=1S/C14H12N2O2S/c1-19(17,18)13-5-2-10(3-6-13)11-4-7-14(16)12(8-11)9-15/h2-8H,16H2,1H3. The summed E-state index contributed by atoms with van der Waals surface area (Å²) in [6, 6.07) is 13.7. The molecule has 0 fully saturated rings. The smallest absolute Gasteiger partial charge is 0.175 e. The lowest BCUT2D eigenvalue weighted by Crippen LogP contribution is -1.96. The number of hydrogen-bond donors (Lipinski definition) is 1. The third-order valence-corrected chi connectivity index (χ3v) is 3.92. The Balaban J connectivity index is 2.47. The van der Waals surface area contributed by atoms with E-state index in [9.17, 15) is 8.42 Å². The van der Waals surface area contributed by atoms with Gasteiger partial charge >= 0.3 is 0 Å². The van der Waals surface area contributed by atoms with E-state index in [0.29, 0.717) is 11.3 Å². The summed E-state index contributed by atoms with van der Waals surface area (Å²) < 4.78 is 22.7. The summed E-state index contributed by atoms with van der Waals surface area (Å²) in [6.45, 7) is 0. The van der Waals surface area contributed by atoms with E-state index in [2.05, 4.69) is 0 Å². The summed E-state index contributed by atoms with van der Waals surface area (Å²) in [6.07, 6.45) is 1.17. The average Bonchev–Trinajstić information content (AvgIpc) is 2.38. The van der Waals surface area contributed by atoms with Crippen molar-refractivity contribution in [2.75, 3.05) is 12.0 Å². The normalized spacial score (nSPS) is 10.9. The Morgan fingerprint density at radius 2 is 1.63 bits per heavy atom. The van der Waals surface area contributed by atoms with Crippen molar-refractivity contribution in [3.05, 3.63) is 48.0 Å². The Bertz CT molecular complexity index is 757. The first kappa shape index (κ1) is 13.1. The zero-order chi connectivity index (χ0) is 14.0. The predicted molar refractivity (Wildman–Crippen MR) is 74.1 cm³/mol. The highest BCUT2D eigenvalue weighted by atomic mass is 32.2. The first-order valence-electron chi connectivity index (χ1n) is 5.52. The van der Waals surface area contributed by atoms with Gasteiger partial charge in [-0.15, -0.1) is 0 Å². The van der Waals surface area contributed by atoms with Gasteiger partial charge in [0.25, 0.3) is 0 Å². The summed E-state index contributed by atoms with van der Waals surface area (Å²) in [4.78, 5) is 0.271. The second-order valence-corrected chi connectivity index (χ2v) is 6.23.